The Bertz CT molecular complexity index is 1390. The summed E-state index contributed by atoms with van der Waals surface area (Å²) in [5, 5.41) is 3.11. The number of carbonyl (C=O) groups is 1. The van der Waals surface area contributed by atoms with E-state index in [4.69, 9.17) is 23.2 Å². The molecule has 0 radical (unpaired) electrons. The summed E-state index contributed by atoms with van der Waals surface area (Å²) in [6.45, 7) is 0.00360. The molecule has 12 heteroatoms. The van der Waals surface area contributed by atoms with Crippen molar-refractivity contribution in [1.29, 1.82) is 0 Å². The lowest BCUT2D eigenvalue weighted by molar-refractivity contribution is 0.0951. The molecule has 7 nitrogen and oxygen atoms in total. The molecule has 0 bridgehead atoms. The molecule has 0 aliphatic carbocycles. The lowest BCUT2D eigenvalue weighted by atomic mass is 10.1. The van der Waals surface area contributed by atoms with Crippen LogP contribution >= 0.6 is 34.9 Å². The van der Waals surface area contributed by atoms with E-state index in [0.717, 1.165) is 27.7 Å². The number of rotatable bonds is 8. The molecule has 180 valence electrons. The van der Waals surface area contributed by atoms with Crippen LogP contribution in [0.1, 0.15) is 27.2 Å². The van der Waals surface area contributed by atoms with Crippen LogP contribution in [-0.4, -0.2) is 23.4 Å². The first-order valence-corrected chi connectivity index (χ1v) is 12.7. The van der Waals surface area contributed by atoms with Crippen LogP contribution in [0.15, 0.2) is 66.7 Å². The van der Waals surface area contributed by atoms with Gasteiger partial charge in [0.2, 0.25) is 0 Å². The highest BCUT2D eigenvalue weighted by Gasteiger charge is 2.27. The SMILES string of the molecule is O=C(NCc1ccc(F)cc1Cl)c1cc(Cl)ccc1N(c1nsnc1Cc1ccccc1)S(=O)O. The monoisotopic (exact) mass is 550 g/mol. The summed E-state index contributed by atoms with van der Waals surface area (Å²) in [6, 6.07) is 17.7. The summed E-state index contributed by atoms with van der Waals surface area (Å²) < 4.78 is 45.5. The van der Waals surface area contributed by atoms with Gasteiger partial charge in [-0.3, -0.25) is 9.35 Å². The van der Waals surface area contributed by atoms with Gasteiger partial charge in [0.05, 0.1) is 23.0 Å². The Morgan fingerprint density at radius 2 is 1.86 bits per heavy atom. The molecule has 0 aliphatic heterocycles. The zero-order valence-electron chi connectivity index (χ0n) is 17.8. The Kier molecular flexibility index (Phi) is 8.09. The number of hydrogen-bond acceptors (Lipinski definition) is 5. The zero-order chi connectivity index (χ0) is 24.9. The van der Waals surface area contributed by atoms with Crippen molar-refractivity contribution in [3.63, 3.8) is 0 Å². The summed E-state index contributed by atoms with van der Waals surface area (Å²) in [7, 11) is 0. The van der Waals surface area contributed by atoms with E-state index in [2.05, 4.69) is 14.1 Å². The number of benzene rings is 3. The van der Waals surface area contributed by atoms with Gasteiger partial charge in [-0.2, -0.15) is 8.75 Å². The Morgan fingerprint density at radius 3 is 2.57 bits per heavy atom. The summed E-state index contributed by atoms with van der Waals surface area (Å²) in [5.41, 5.74) is 2.07. The highest BCUT2D eigenvalue weighted by atomic mass is 35.5. The second-order valence-electron chi connectivity index (χ2n) is 7.30. The minimum absolute atomic E-state index is 0.00360. The average Bonchev–Trinajstić information content (AvgIpc) is 3.27. The summed E-state index contributed by atoms with van der Waals surface area (Å²) >= 11 is 10.5. The first-order valence-electron chi connectivity index (χ1n) is 10.1. The number of aromatic nitrogens is 2. The molecule has 0 saturated carbocycles. The van der Waals surface area contributed by atoms with Crippen molar-refractivity contribution < 1.29 is 17.9 Å². The lowest BCUT2D eigenvalue weighted by Gasteiger charge is -2.21. The minimum atomic E-state index is -2.58. The molecule has 0 fully saturated rings. The van der Waals surface area contributed by atoms with Crippen LogP contribution in [0.25, 0.3) is 0 Å². The van der Waals surface area contributed by atoms with E-state index in [0.29, 0.717) is 17.7 Å². The van der Waals surface area contributed by atoms with Crippen LogP contribution in [0.5, 0.6) is 0 Å². The molecule has 1 amide bonds. The predicted octanol–water partition coefficient (Wildman–Crippen LogP) is 5.78. The smallest absolute Gasteiger partial charge is 0.268 e. The first kappa shape index (κ1) is 25.2. The Hall–Kier alpha value is -2.89. The second kappa shape index (κ2) is 11.2. The number of amides is 1. The van der Waals surface area contributed by atoms with Crippen LogP contribution < -0.4 is 9.62 Å². The maximum atomic E-state index is 13.3. The maximum absolute atomic E-state index is 13.3. The van der Waals surface area contributed by atoms with Gasteiger partial charge < -0.3 is 5.32 Å². The Morgan fingerprint density at radius 1 is 1.09 bits per heavy atom. The molecule has 1 heterocycles. The molecule has 35 heavy (non-hydrogen) atoms. The van der Waals surface area contributed by atoms with Gasteiger partial charge in [0.15, 0.2) is 5.82 Å². The number of anilines is 2. The molecular formula is C23H17Cl2FN4O3S2. The molecule has 0 saturated heterocycles. The van der Waals surface area contributed by atoms with Crippen molar-refractivity contribution in [3.05, 3.63) is 105 Å². The fourth-order valence-electron chi connectivity index (χ4n) is 3.33. The van der Waals surface area contributed by atoms with Crippen LogP contribution in [0.3, 0.4) is 0 Å². The molecule has 1 atom stereocenters. The lowest BCUT2D eigenvalue weighted by Crippen LogP contribution is -2.28. The first-order chi connectivity index (χ1) is 16.8. The van der Waals surface area contributed by atoms with E-state index in [1.54, 1.807) is 0 Å². The minimum Gasteiger partial charge on any atom is -0.348 e. The van der Waals surface area contributed by atoms with Gasteiger partial charge in [0.25, 0.3) is 17.2 Å². The van der Waals surface area contributed by atoms with Crippen molar-refractivity contribution in [2.75, 3.05) is 4.31 Å². The summed E-state index contributed by atoms with van der Waals surface area (Å²) in [4.78, 5) is 13.1. The third-order valence-corrected chi connectivity index (χ3v) is 6.80. The summed E-state index contributed by atoms with van der Waals surface area (Å²) in [5.74, 6) is -0.921. The maximum Gasteiger partial charge on any atom is 0.268 e. The van der Waals surface area contributed by atoms with Gasteiger partial charge in [-0.25, -0.2) is 12.9 Å². The van der Waals surface area contributed by atoms with E-state index < -0.39 is 23.0 Å². The summed E-state index contributed by atoms with van der Waals surface area (Å²) in [6.07, 6.45) is 0.374. The number of halogens is 3. The highest BCUT2D eigenvalue weighted by Crippen LogP contribution is 2.34. The molecule has 3 aromatic carbocycles. The van der Waals surface area contributed by atoms with Crippen molar-refractivity contribution in [1.82, 2.24) is 14.1 Å². The fraction of sp³-hybridized carbons (Fsp3) is 0.0870. The van der Waals surface area contributed by atoms with Gasteiger partial charge in [0.1, 0.15) is 11.5 Å². The van der Waals surface area contributed by atoms with Crippen LogP contribution in [0.4, 0.5) is 15.9 Å². The van der Waals surface area contributed by atoms with E-state index in [1.165, 1.54) is 30.3 Å². The van der Waals surface area contributed by atoms with E-state index in [1.807, 2.05) is 30.3 Å². The molecule has 0 spiro atoms. The van der Waals surface area contributed by atoms with Crippen molar-refractivity contribution in [2.45, 2.75) is 13.0 Å². The molecule has 4 rings (SSSR count). The predicted molar refractivity (Wildman–Crippen MR) is 136 cm³/mol. The molecular weight excluding hydrogens is 534 g/mol. The van der Waals surface area contributed by atoms with E-state index >= 15 is 0 Å². The van der Waals surface area contributed by atoms with E-state index in [-0.39, 0.29) is 33.7 Å². The number of nitrogens with one attached hydrogen (secondary N) is 1. The van der Waals surface area contributed by atoms with Crippen LogP contribution in [0.2, 0.25) is 10.0 Å². The van der Waals surface area contributed by atoms with Crippen LogP contribution in [0, 0.1) is 5.82 Å². The Labute approximate surface area is 217 Å². The zero-order valence-corrected chi connectivity index (χ0v) is 21.0. The molecule has 4 aromatic rings. The van der Waals surface area contributed by atoms with Gasteiger partial charge in [0, 0.05) is 23.0 Å². The number of nitrogens with zero attached hydrogens (tertiary/aromatic N) is 3. The second-order valence-corrected chi connectivity index (χ2v) is 9.50. The largest absolute Gasteiger partial charge is 0.348 e. The van der Waals surface area contributed by atoms with E-state index in [9.17, 15) is 17.9 Å². The van der Waals surface area contributed by atoms with Crippen LogP contribution in [-0.2, 0) is 24.2 Å². The fourth-order valence-corrected chi connectivity index (χ4v) is 4.96. The highest BCUT2D eigenvalue weighted by molar-refractivity contribution is 7.81. The molecule has 1 aromatic heterocycles. The van der Waals surface area contributed by atoms with Gasteiger partial charge >= 0.3 is 0 Å². The number of carbonyl (C=O) groups excluding carboxylic acids is 1. The van der Waals surface area contributed by atoms with Crippen molar-refractivity contribution in [2.24, 2.45) is 0 Å². The Balaban J connectivity index is 1.66. The van der Waals surface area contributed by atoms with Crippen molar-refractivity contribution in [3.8, 4) is 0 Å². The molecule has 2 N–H and O–H groups in total. The van der Waals surface area contributed by atoms with Crippen molar-refractivity contribution >= 4 is 63.6 Å². The average molecular weight is 551 g/mol. The quantitative estimate of drug-likeness (QED) is 0.271. The normalized spacial score (nSPS) is 11.8. The topological polar surface area (TPSA) is 95.4 Å². The van der Waals surface area contributed by atoms with Gasteiger partial charge in [-0.1, -0.05) is 59.6 Å². The number of hydrogen-bond donors (Lipinski definition) is 2. The van der Waals surface area contributed by atoms with Gasteiger partial charge in [-0.05, 0) is 41.5 Å². The molecule has 1 unspecified atom stereocenters. The third kappa shape index (κ3) is 6.03. The molecule has 0 aliphatic rings. The van der Waals surface area contributed by atoms with Gasteiger partial charge in [-0.15, -0.1) is 0 Å². The third-order valence-electron chi connectivity index (χ3n) is 4.98. The standard InChI is InChI=1S/C23H17Cl2FN4O3S2/c24-16-7-9-21(18(11-16)23(31)27-13-15-6-8-17(26)12-19(15)25)30(35(32)33)22-20(28-34-29-22)10-14-4-2-1-3-5-14/h1-9,11-12H,10,13H2,(H,27,31)(H,32,33).